The Balaban J connectivity index is 1.34. The second kappa shape index (κ2) is 7.73. The molecule has 5 rings (SSSR count). The molecule has 3 heterocycles. The van der Waals surface area contributed by atoms with E-state index in [9.17, 15) is 28.0 Å². The number of rotatable bonds is 5. The smallest absolute Gasteiger partial charge is 0.323 e. The van der Waals surface area contributed by atoms with E-state index in [1.165, 1.54) is 12.1 Å². The van der Waals surface area contributed by atoms with Crippen molar-refractivity contribution in [3.63, 3.8) is 0 Å². The molecule has 1 aromatic rings. The van der Waals surface area contributed by atoms with Crippen molar-refractivity contribution in [1.82, 2.24) is 14.7 Å². The first-order chi connectivity index (χ1) is 15.6. The summed E-state index contributed by atoms with van der Waals surface area (Å²) in [5.74, 6) is -0.199. The number of hydrogen-bond donors (Lipinski definition) is 0. The highest BCUT2D eigenvalue weighted by molar-refractivity contribution is 5.86. The molecular weight excluding hydrogens is 433 g/mol. The van der Waals surface area contributed by atoms with E-state index in [0.717, 1.165) is 18.9 Å². The topological polar surface area (TPSA) is 67.7 Å². The van der Waals surface area contributed by atoms with E-state index in [2.05, 4.69) is 6.07 Å². The first kappa shape index (κ1) is 22.2. The van der Waals surface area contributed by atoms with Gasteiger partial charge in [0.1, 0.15) is 6.04 Å². The van der Waals surface area contributed by atoms with Gasteiger partial charge in [0.25, 0.3) is 0 Å². The van der Waals surface area contributed by atoms with Crippen LogP contribution < -0.4 is 0 Å². The molecule has 1 aliphatic carbocycles. The van der Waals surface area contributed by atoms with Crippen molar-refractivity contribution >= 4 is 11.8 Å². The molecule has 0 radical (unpaired) electrons. The van der Waals surface area contributed by atoms with Crippen LogP contribution in [0.4, 0.5) is 13.2 Å². The number of alkyl halides is 3. The van der Waals surface area contributed by atoms with E-state index in [4.69, 9.17) is 0 Å². The summed E-state index contributed by atoms with van der Waals surface area (Å²) in [6.07, 6.45) is -1.83. The van der Waals surface area contributed by atoms with Crippen molar-refractivity contribution < 1.29 is 22.8 Å². The number of nitriles is 1. The summed E-state index contributed by atoms with van der Waals surface area (Å²) in [6, 6.07) is 6.28. The molecule has 2 bridgehead atoms. The minimum absolute atomic E-state index is 0.0627. The van der Waals surface area contributed by atoms with E-state index >= 15 is 0 Å². The number of halogens is 3. The predicted molar refractivity (Wildman–Crippen MR) is 112 cm³/mol. The van der Waals surface area contributed by atoms with Gasteiger partial charge in [0.15, 0.2) is 0 Å². The maximum atomic E-state index is 13.6. The van der Waals surface area contributed by atoms with Crippen LogP contribution in [0.15, 0.2) is 24.3 Å². The van der Waals surface area contributed by atoms with Gasteiger partial charge in [-0.25, -0.2) is 0 Å². The molecular formula is C24H27F3N4O2. The fraction of sp³-hybridized carbons (Fsp3) is 0.625. The number of carbonyl (C=O) groups is 2. The zero-order valence-corrected chi connectivity index (χ0v) is 18.6. The van der Waals surface area contributed by atoms with E-state index in [1.54, 1.807) is 22.8 Å². The maximum absolute atomic E-state index is 13.6. The highest BCUT2D eigenvalue weighted by Crippen LogP contribution is 2.48. The number of nitrogens with zero attached hydrogens (tertiary/aromatic N) is 4. The molecule has 4 fully saturated rings. The maximum Gasteiger partial charge on any atom is 0.416 e. The first-order valence-corrected chi connectivity index (χ1v) is 11.6. The van der Waals surface area contributed by atoms with E-state index < -0.39 is 29.7 Å². The number of piperidine rings is 2. The summed E-state index contributed by atoms with van der Waals surface area (Å²) >= 11 is 0. The molecule has 7 atom stereocenters. The largest absolute Gasteiger partial charge is 0.416 e. The van der Waals surface area contributed by atoms with Crippen molar-refractivity contribution in [2.45, 2.75) is 76.0 Å². The number of fused-ring (bicyclic) bond motifs is 3. The molecule has 0 N–H and O–H groups in total. The summed E-state index contributed by atoms with van der Waals surface area (Å²) in [7, 11) is 0. The minimum Gasteiger partial charge on any atom is -0.323 e. The van der Waals surface area contributed by atoms with Gasteiger partial charge in [0.2, 0.25) is 11.8 Å². The quantitative estimate of drug-likeness (QED) is 0.674. The van der Waals surface area contributed by atoms with Crippen LogP contribution >= 0.6 is 0 Å². The number of carbonyl (C=O) groups excluding carboxylic acids is 2. The molecule has 1 saturated carbocycles. The number of likely N-dealkylation sites (tertiary alicyclic amines) is 2. The average Bonchev–Trinajstić information content (AvgIpc) is 3.16. The van der Waals surface area contributed by atoms with E-state index in [-0.39, 0.29) is 35.6 Å². The van der Waals surface area contributed by atoms with Gasteiger partial charge < -0.3 is 9.80 Å². The van der Waals surface area contributed by atoms with Crippen molar-refractivity contribution in [2.75, 3.05) is 6.54 Å². The van der Waals surface area contributed by atoms with Gasteiger partial charge in [-0.3, -0.25) is 14.5 Å². The second-order valence-corrected chi connectivity index (χ2v) is 9.87. The van der Waals surface area contributed by atoms with Crippen molar-refractivity contribution in [1.29, 1.82) is 5.26 Å². The van der Waals surface area contributed by atoms with Gasteiger partial charge in [-0.05, 0) is 50.2 Å². The molecule has 4 aliphatic rings. The van der Waals surface area contributed by atoms with Gasteiger partial charge >= 0.3 is 6.18 Å². The Morgan fingerprint density at radius 1 is 1.21 bits per heavy atom. The zero-order valence-electron chi connectivity index (χ0n) is 18.6. The van der Waals surface area contributed by atoms with Crippen molar-refractivity contribution in [3.8, 4) is 6.07 Å². The molecule has 0 aromatic heterocycles. The minimum atomic E-state index is -4.50. The Labute approximate surface area is 190 Å². The molecule has 3 saturated heterocycles. The van der Waals surface area contributed by atoms with Crippen LogP contribution in [0.1, 0.15) is 56.7 Å². The molecule has 6 nitrogen and oxygen atoms in total. The summed E-state index contributed by atoms with van der Waals surface area (Å²) < 4.78 is 40.7. The Kier molecular flexibility index (Phi) is 5.20. The lowest BCUT2D eigenvalue weighted by Gasteiger charge is -2.35. The SMILES string of the molecule is CC(CN1C2CCC1N([C@@H](C)c1ccccc1C(F)(F)F)C2=O)C(=O)N1C(C#N)CC2CC21. The lowest BCUT2D eigenvalue weighted by atomic mass is 9.97. The van der Waals surface area contributed by atoms with Crippen LogP contribution in [0, 0.1) is 23.2 Å². The van der Waals surface area contributed by atoms with Crippen LogP contribution in [0.5, 0.6) is 0 Å². The number of amides is 2. The third kappa shape index (κ3) is 3.50. The third-order valence-corrected chi connectivity index (χ3v) is 7.89. The average molecular weight is 461 g/mol. The van der Waals surface area contributed by atoms with E-state index in [0.29, 0.717) is 25.3 Å². The fourth-order valence-corrected chi connectivity index (χ4v) is 6.23. The van der Waals surface area contributed by atoms with Crippen molar-refractivity contribution in [2.24, 2.45) is 11.8 Å². The molecule has 33 heavy (non-hydrogen) atoms. The van der Waals surface area contributed by atoms with Crippen LogP contribution in [0.3, 0.4) is 0 Å². The normalized spacial score (nSPS) is 32.6. The van der Waals surface area contributed by atoms with E-state index in [1.807, 2.05) is 11.8 Å². The lowest BCUT2D eigenvalue weighted by Crippen LogP contribution is -2.46. The molecule has 2 amide bonds. The van der Waals surface area contributed by atoms with Gasteiger partial charge in [-0.2, -0.15) is 18.4 Å². The Bertz CT molecular complexity index is 1020. The Morgan fingerprint density at radius 2 is 1.94 bits per heavy atom. The Morgan fingerprint density at radius 3 is 2.64 bits per heavy atom. The number of benzene rings is 1. The second-order valence-electron chi connectivity index (χ2n) is 9.87. The third-order valence-electron chi connectivity index (χ3n) is 7.89. The fourth-order valence-electron chi connectivity index (χ4n) is 6.23. The molecule has 9 heteroatoms. The summed E-state index contributed by atoms with van der Waals surface area (Å²) in [6.45, 7) is 3.82. The van der Waals surface area contributed by atoms with Crippen LogP contribution in [-0.2, 0) is 15.8 Å². The van der Waals surface area contributed by atoms with Crippen LogP contribution in [0.2, 0.25) is 0 Å². The first-order valence-electron chi connectivity index (χ1n) is 11.6. The molecule has 0 spiro atoms. The molecule has 3 aliphatic heterocycles. The monoisotopic (exact) mass is 460 g/mol. The molecule has 1 aromatic carbocycles. The molecule has 176 valence electrons. The molecule has 6 unspecified atom stereocenters. The Hall–Kier alpha value is -2.60. The predicted octanol–water partition coefficient (Wildman–Crippen LogP) is 3.55. The van der Waals surface area contributed by atoms with Gasteiger partial charge in [-0.1, -0.05) is 25.1 Å². The standard InChI is InChI=1S/C24H27F3N4O2/c1-13(22(32)31-16(11-28)9-15-10-20(15)31)12-29-19-7-8-21(29)30(23(19)33)14(2)17-5-3-4-6-18(17)24(25,26)27/h3-6,13-16,19-21H,7-10,12H2,1-2H3/t13?,14-,15?,16?,19?,20?,21?/m0/s1. The van der Waals surface area contributed by atoms with Gasteiger partial charge in [0, 0.05) is 18.5 Å². The lowest BCUT2D eigenvalue weighted by molar-refractivity contribution is -0.141. The highest BCUT2D eigenvalue weighted by atomic mass is 19.4. The summed E-state index contributed by atoms with van der Waals surface area (Å²) in [5, 5.41) is 9.42. The van der Waals surface area contributed by atoms with Gasteiger partial charge in [-0.15, -0.1) is 0 Å². The van der Waals surface area contributed by atoms with Crippen LogP contribution in [-0.4, -0.2) is 57.4 Å². The number of hydrogen-bond acceptors (Lipinski definition) is 4. The van der Waals surface area contributed by atoms with Crippen molar-refractivity contribution in [3.05, 3.63) is 35.4 Å². The van der Waals surface area contributed by atoms with Gasteiger partial charge in [0.05, 0.1) is 29.9 Å². The zero-order chi connectivity index (χ0) is 23.7. The summed E-state index contributed by atoms with van der Waals surface area (Å²) in [5.41, 5.74) is -0.637. The highest BCUT2D eigenvalue weighted by Gasteiger charge is 2.56. The van der Waals surface area contributed by atoms with Crippen LogP contribution in [0.25, 0.3) is 0 Å². The summed E-state index contributed by atoms with van der Waals surface area (Å²) in [4.78, 5) is 31.6.